The molecule has 0 fully saturated rings. The molecule has 2 aromatic rings. The van der Waals surface area contributed by atoms with Crippen molar-refractivity contribution in [1.29, 1.82) is 0 Å². The molecule has 0 amide bonds. The number of aromatic nitrogens is 5. The summed E-state index contributed by atoms with van der Waals surface area (Å²) in [6.07, 6.45) is 1.36. The number of pyridine rings is 1. The van der Waals surface area contributed by atoms with Gasteiger partial charge in [0.2, 0.25) is 0 Å². The Morgan fingerprint density at radius 2 is 2.09 bits per heavy atom. The molecule has 0 aliphatic rings. The molecule has 0 aliphatic carbocycles. The van der Waals surface area contributed by atoms with Crippen molar-refractivity contribution in [1.82, 2.24) is 25.6 Å². The van der Waals surface area contributed by atoms with E-state index in [2.05, 4.69) is 25.6 Å². The smallest absolute Gasteiger partial charge is 0.354 e. The molecule has 0 radical (unpaired) electrons. The SMILES string of the molecule is CCCC(C(=O)O)C(Cc1cccc(C(=O)O)n1)c1nn[nH]n1. The highest BCUT2D eigenvalue weighted by Crippen LogP contribution is 2.29. The third kappa shape index (κ3) is 4.09. The van der Waals surface area contributed by atoms with Crippen molar-refractivity contribution in [2.24, 2.45) is 5.92 Å². The minimum Gasteiger partial charge on any atom is -0.481 e. The Morgan fingerprint density at radius 1 is 1.30 bits per heavy atom. The number of aromatic amines is 1. The zero-order chi connectivity index (χ0) is 16.8. The minimum absolute atomic E-state index is 0.0864. The topological polar surface area (TPSA) is 142 Å². The lowest BCUT2D eigenvalue weighted by molar-refractivity contribution is -0.143. The summed E-state index contributed by atoms with van der Waals surface area (Å²) < 4.78 is 0. The van der Waals surface area contributed by atoms with Gasteiger partial charge in [0, 0.05) is 18.0 Å². The summed E-state index contributed by atoms with van der Waals surface area (Å²) in [5.74, 6) is -3.04. The second kappa shape index (κ2) is 7.43. The van der Waals surface area contributed by atoms with Crippen molar-refractivity contribution in [2.75, 3.05) is 0 Å². The molecule has 0 bridgehead atoms. The summed E-state index contributed by atoms with van der Waals surface area (Å²) in [4.78, 5) is 26.7. The first-order chi connectivity index (χ1) is 11.0. The Kier molecular flexibility index (Phi) is 5.34. The number of nitrogens with zero attached hydrogens (tertiary/aromatic N) is 4. The van der Waals surface area contributed by atoms with Gasteiger partial charge in [-0.2, -0.15) is 5.21 Å². The third-order valence-electron chi connectivity index (χ3n) is 3.55. The van der Waals surface area contributed by atoms with E-state index in [0.717, 1.165) is 0 Å². The van der Waals surface area contributed by atoms with Gasteiger partial charge in [-0.25, -0.2) is 9.78 Å². The second-order valence-electron chi connectivity index (χ2n) is 5.13. The molecule has 122 valence electrons. The molecule has 0 saturated carbocycles. The van der Waals surface area contributed by atoms with Crippen molar-refractivity contribution in [3.05, 3.63) is 35.4 Å². The molecule has 0 spiro atoms. The Bertz CT molecular complexity index is 674. The number of nitrogens with one attached hydrogen (secondary N) is 1. The highest BCUT2D eigenvalue weighted by atomic mass is 16.4. The first-order valence-electron chi connectivity index (χ1n) is 7.18. The molecule has 2 heterocycles. The van der Waals surface area contributed by atoms with E-state index < -0.39 is 23.8 Å². The zero-order valence-corrected chi connectivity index (χ0v) is 12.5. The van der Waals surface area contributed by atoms with Crippen LogP contribution in [0.4, 0.5) is 0 Å². The predicted molar refractivity (Wildman–Crippen MR) is 77.9 cm³/mol. The lowest BCUT2D eigenvalue weighted by Crippen LogP contribution is -2.25. The minimum atomic E-state index is -1.13. The van der Waals surface area contributed by atoms with Gasteiger partial charge < -0.3 is 10.2 Å². The number of H-pyrrole nitrogens is 1. The van der Waals surface area contributed by atoms with E-state index >= 15 is 0 Å². The zero-order valence-electron chi connectivity index (χ0n) is 12.5. The number of aliphatic carboxylic acids is 1. The van der Waals surface area contributed by atoms with Crippen LogP contribution in [0.3, 0.4) is 0 Å². The van der Waals surface area contributed by atoms with E-state index in [9.17, 15) is 14.7 Å². The lowest BCUT2D eigenvalue weighted by atomic mass is 9.84. The summed E-state index contributed by atoms with van der Waals surface area (Å²) >= 11 is 0. The number of hydrogen-bond donors (Lipinski definition) is 3. The van der Waals surface area contributed by atoms with Gasteiger partial charge >= 0.3 is 11.9 Å². The summed E-state index contributed by atoms with van der Waals surface area (Å²) in [7, 11) is 0. The quantitative estimate of drug-likeness (QED) is 0.657. The largest absolute Gasteiger partial charge is 0.481 e. The highest BCUT2D eigenvalue weighted by Gasteiger charge is 2.32. The van der Waals surface area contributed by atoms with Gasteiger partial charge in [0.05, 0.1) is 5.92 Å². The van der Waals surface area contributed by atoms with E-state index in [1.807, 2.05) is 6.92 Å². The van der Waals surface area contributed by atoms with Crippen molar-refractivity contribution in [3.8, 4) is 0 Å². The average molecular weight is 319 g/mol. The van der Waals surface area contributed by atoms with Crippen LogP contribution in [0.2, 0.25) is 0 Å². The molecule has 3 N–H and O–H groups in total. The van der Waals surface area contributed by atoms with Crippen LogP contribution in [0, 0.1) is 5.92 Å². The van der Waals surface area contributed by atoms with Crippen LogP contribution < -0.4 is 0 Å². The van der Waals surface area contributed by atoms with Gasteiger partial charge in [0.1, 0.15) is 5.69 Å². The summed E-state index contributed by atoms with van der Waals surface area (Å²) in [6.45, 7) is 1.90. The number of carboxylic acids is 2. The Hall–Kier alpha value is -2.84. The van der Waals surface area contributed by atoms with Crippen LogP contribution in [-0.4, -0.2) is 47.8 Å². The first-order valence-corrected chi connectivity index (χ1v) is 7.18. The van der Waals surface area contributed by atoms with E-state index in [4.69, 9.17) is 5.11 Å². The molecule has 0 aliphatic heterocycles. The lowest BCUT2D eigenvalue weighted by Gasteiger charge is -2.20. The van der Waals surface area contributed by atoms with Crippen LogP contribution in [0.5, 0.6) is 0 Å². The van der Waals surface area contributed by atoms with Gasteiger partial charge in [-0.3, -0.25) is 4.79 Å². The number of aromatic carboxylic acids is 1. The summed E-state index contributed by atoms with van der Waals surface area (Å²) in [5, 5.41) is 32.1. The second-order valence-corrected chi connectivity index (χ2v) is 5.13. The maximum atomic E-state index is 11.6. The fourth-order valence-electron chi connectivity index (χ4n) is 2.49. The Balaban J connectivity index is 2.33. The maximum Gasteiger partial charge on any atom is 0.354 e. The molecule has 2 unspecified atom stereocenters. The van der Waals surface area contributed by atoms with Crippen LogP contribution in [-0.2, 0) is 11.2 Å². The monoisotopic (exact) mass is 319 g/mol. The number of rotatable bonds is 8. The summed E-state index contributed by atoms with van der Waals surface area (Å²) in [5.41, 5.74) is 0.388. The van der Waals surface area contributed by atoms with Crippen LogP contribution in [0.15, 0.2) is 18.2 Å². The molecular formula is C14H17N5O4. The van der Waals surface area contributed by atoms with Crippen LogP contribution >= 0.6 is 0 Å². The normalized spacial score (nSPS) is 13.4. The van der Waals surface area contributed by atoms with Crippen molar-refractivity contribution in [2.45, 2.75) is 32.1 Å². The standard InChI is InChI=1S/C14H17N5O4/c1-2-4-9(13(20)21)10(12-16-18-19-17-12)7-8-5-3-6-11(15-8)14(22)23/h3,5-6,9-10H,2,4,7H2,1H3,(H,20,21)(H,22,23)(H,16,17,18,19). The van der Waals surface area contributed by atoms with Crippen molar-refractivity contribution in [3.63, 3.8) is 0 Å². The van der Waals surface area contributed by atoms with Crippen molar-refractivity contribution >= 4 is 11.9 Å². The van der Waals surface area contributed by atoms with Crippen LogP contribution in [0.25, 0.3) is 0 Å². The molecule has 2 rings (SSSR count). The molecule has 23 heavy (non-hydrogen) atoms. The maximum absolute atomic E-state index is 11.6. The van der Waals surface area contributed by atoms with Gasteiger partial charge in [-0.05, 0) is 18.6 Å². The van der Waals surface area contributed by atoms with E-state index in [1.54, 1.807) is 12.1 Å². The van der Waals surface area contributed by atoms with Gasteiger partial charge in [-0.1, -0.05) is 24.6 Å². The number of hydrogen-bond acceptors (Lipinski definition) is 6. The molecule has 9 heteroatoms. The third-order valence-corrected chi connectivity index (χ3v) is 3.55. The predicted octanol–water partition coefficient (Wildman–Crippen LogP) is 1.12. The molecule has 9 nitrogen and oxygen atoms in total. The van der Waals surface area contributed by atoms with Gasteiger partial charge in [0.15, 0.2) is 5.82 Å². The number of tetrazole rings is 1. The molecule has 2 atom stereocenters. The average Bonchev–Trinajstić information content (AvgIpc) is 3.05. The van der Waals surface area contributed by atoms with Crippen molar-refractivity contribution < 1.29 is 19.8 Å². The summed E-state index contributed by atoms with van der Waals surface area (Å²) in [6, 6.07) is 4.62. The molecule has 0 saturated heterocycles. The molecule has 2 aromatic heterocycles. The van der Waals surface area contributed by atoms with Gasteiger partial charge in [-0.15, -0.1) is 10.2 Å². The number of carboxylic acid groups (broad SMARTS) is 2. The highest BCUT2D eigenvalue weighted by molar-refractivity contribution is 5.85. The van der Waals surface area contributed by atoms with Crippen LogP contribution in [0.1, 0.15) is 47.7 Å². The van der Waals surface area contributed by atoms with E-state index in [-0.39, 0.29) is 17.9 Å². The Morgan fingerprint density at radius 3 is 2.65 bits per heavy atom. The fourth-order valence-corrected chi connectivity index (χ4v) is 2.49. The first kappa shape index (κ1) is 16.5. The van der Waals surface area contributed by atoms with E-state index in [1.165, 1.54) is 6.07 Å². The number of carbonyl (C=O) groups is 2. The molecule has 0 aromatic carbocycles. The van der Waals surface area contributed by atoms with E-state index in [0.29, 0.717) is 18.5 Å². The Labute approximate surface area is 131 Å². The molecular weight excluding hydrogens is 302 g/mol. The van der Waals surface area contributed by atoms with Gasteiger partial charge in [0.25, 0.3) is 0 Å². The fraction of sp³-hybridized carbons (Fsp3) is 0.429.